The molecule has 0 heterocycles. The van der Waals surface area contributed by atoms with Crippen LogP contribution in [0.25, 0.3) is 0 Å². The summed E-state index contributed by atoms with van der Waals surface area (Å²) in [4.78, 5) is 10.6. The van der Waals surface area contributed by atoms with Crippen molar-refractivity contribution in [3.05, 3.63) is 0 Å². The van der Waals surface area contributed by atoms with Crippen LogP contribution < -0.4 is 0 Å². The summed E-state index contributed by atoms with van der Waals surface area (Å²) >= 11 is 0. The minimum absolute atomic E-state index is 1.06. The molecule has 0 amide bonds. The first kappa shape index (κ1) is 9.53. The summed E-state index contributed by atoms with van der Waals surface area (Å²) in [5, 5.41) is 34.5. The first-order valence-corrected chi connectivity index (χ1v) is 3.17. The third kappa shape index (κ3) is 2.82. The number of rotatable bonds is 4. The molecule has 72 valence electrons. The lowest BCUT2D eigenvalue weighted by molar-refractivity contribution is -0.154. The molecule has 0 bridgehead atoms. The summed E-state index contributed by atoms with van der Waals surface area (Å²) < 4.78 is 18.4. The Bertz CT molecular complexity index is 190. The van der Waals surface area contributed by atoms with Crippen molar-refractivity contribution in [2.24, 2.45) is 0 Å². The Balaban J connectivity index is 4.44. The van der Waals surface area contributed by atoms with Crippen LogP contribution in [0.5, 0.6) is 0 Å². The van der Waals surface area contributed by atoms with E-state index in [9.17, 15) is 9.18 Å². The fourth-order valence-corrected chi connectivity index (χ4v) is 0.541. The molecule has 0 aliphatic rings. The molecule has 0 fully saturated rings. The fraction of sp³-hybridized carbons (Fsp3) is 0.833. The molecule has 1 unspecified atom stereocenters. The Labute approximate surface area is 69.5 Å². The van der Waals surface area contributed by atoms with Gasteiger partial charge in [0.1, 0.15) is 13.6 Å². The molecular formula is C6H11FO5. The number of carbonyl (C=O) groups excluding carboxylic acids is 1. The van der Waals surface area contributed by atoms with Gasteiger partial charge in [0.2, 0.25) is 5.78 Å². The maximum Gasteiger partial charge on any atom is 0.258 e. The second-order valence-corrected chi connectivity index (χ2v) is 2.33. The summed E-state index contributed by atoms with van der Waals surface area (Å²) in [5.74, 6) is -1.92. The van der Waals surface area contributed by atoms with Gasteiger partial charge in [0.25, 0.3) is 6.33 Å². The summed E-state index contributed by atoms with van der Waals surface area (Å²) in [6.07, 6.45) is -9.69. The number of alkyl halides is 1. The van der Waals surface area contributed by atoms with Gasteiger partial charge in [-0.3, -0.25) is 4.79 Å². The Kier molecular flexibility index (Phi) is 3.54. The molecule has 0 aliphatic heterocycles. The molecule has 6 heteroatoms. The predicted molar refractivity (Wildman–Crippen MR) is 35.8 cm³/mol. The standard InChI is InChI=1S/C6H11FO5/c1-2(8)3(9)4(10)5(11)6(7)12/h2-4,6,8-10,12H,1H3/t2-,3-,4+,6?/m1/s1/i6D. The zero-order valence-electron chi connectivity index (χ0n) is 7.31. The van der Waals surface area contributed by atoms with E-state index in [2.05, 4.69) is 0 Å². The van der Waals surface area contributed by atoms with E-state index in [4.69, 9.17) is 21.8 Å². The predicted octanol–water partition coefficient (Wildman–Crippen LogP) is -2.05. The third-order valence-electron chi connectivity index (χ3n) is 1.29. The largest absolute Gasteiger partial charge is 0.391 e. The lowest BCUT2D eigenvalue weighted by Crippen LogP contribution is -2.44. The highest BCUT2D eigenvalue weighted by Crippen LogP contribution is 2.03. The van der Waals surface area contributed by atoms with E-state index in [1.165, 1.54) is 0 Å². The number of halogens is 1. The molecular weight excluding hydrogens is 171 g/mol. The summed E-state index contributed by atoms with van der Waals surface area (Å²) in [7, 11) is 0. The molecule has 4 N–H and O–H groups in total. The van der Waals surface area contributed by atoms with E-state index in [0.717, 1.165) is 6.92 Å². The summed E-state index contributed by atoms with van der Waals surface area (Å²) in [6.45, 7) is 1.06. The van der Waals surface area contributed by atoms with Gasteiger partial charge in [0, 0.05) is 0 Å². The molecule has 0 aromatic rings. The normalized spacial score (nSPS) is 25.0. The van der Waals surface area contributed by atoms with Crippen LogP contribution in [0.1, 0.15) is 8.29 Å². The van der Waals surface area contributed by atoms with Crippen molar-refractivity contribution in [3.63, 3.8) is 0 Å². The number of Topliss-reactive ketones (excluding diaryl/α,β-unsaturated/α-hetero) is 1. The number of hydrogen-bond donors (Lipinski definition) is 4. The molecule has 12 heavy (non-hydrogen) atoms. The average Bonchev–Trinajstić information content (AvgIpc) is 1.98. The van der Waals surface area contributed by atoms with Gasteiger partial charge in [-0.1, -0.05) is 0 Å². The fourth-order valence-electron chi connectivity index (χ4n) is 0.541. The second-order valence-electron chi connectivity index (χ2n) is 2.33. The molecule has 0 aromatic heterocycles. The molecule has 5 nitrogen and oxygen atoms in total. The van der Waals surface area contributed by atoms with Crippen LogP contribution in [0.3, 0.4) is 0 Å². The van der Waals surface area contributed by atoms with Gasteiger partial charge in [0.15, 0.2) is 0 Å². The number of carbonyl (C=O) groups is 1. The van der Waals surface area contributed by atoms with Crippen molar-refractivity contribution >= 4 is 5.78 Å². The number of hydrogen-bond acceptors (Lipinski definition) is 5. The second kappa shape index (κ2) is 4.46. The molecule has 0 aromatic carbocycles. The van der Waals surface area contributed by atoms with Crippen molar-refractivity contribution in [1.82, 2.24) is 0 Å². The molecule has 0 spiro atoms. The van der Waals surface area contributed by atoms with Crippen LogP contribution >= 0.6 is 0 Å². The smallest absolute Gasteiger partial charge is 0.258 e. The zero-order valence-corrected chi connectivity index (χ0v) is 6.31. The van der Waals surface area contributed by atoms with E-state index >= 15 is 0 Å². The number of ketones is 1. The van der Waals surface area contributed by atoms with Gasteiger partial charge >= 0.3 is 0 Å². The molecule has 0 radical (unpaired) electrons. The first-order chi connectivity index (χ1) is 5.68. The first-order valence-electron chi connectivity index (χ1n) is 3.67. The Morgan fingerprint density at radius 2 is 1.83 bits per heavy atom. The van der Waals surface area contributed by atoms with Crippen molar-refractivity contribution in [2.75, 3.05) is 0 Å². The zero-order chi connectivity index (χ0) is 10.8. The van der Waals surface area contributed by atoms with Gasteiger partial charge < -0.3 is 20.4 Å². The van der Waals surface area contributed by atoms with Crippen LogP contribution in [-0.2, 0) is 4.79 Å². The lowest BCUT2D eigenvalue weighted by atomic mass is 10.1. The highest BCUT2D eigenvalue weighted by molar-refractivity contribution is 5.86. The number of aliphatic hydroxyl groups is 4. The van der Waals surface area contributed by atoms with E-state index in [1.807, 2.05) is 0 Å². The lowest BCUT2D eigenvalue weighted by Gasteiger charge is -2.18. The van der Waals surface area contributed by atoms with Crippen LogP contribution in [0.15, 0.2) is 0 Å². The van der Waals surface area contributed by atoms with Gasteiger partial charge in [-0.2, -0.15) is 0 Å². The molecule has 0 rings (SSSR count). The van der Waals surface area contributed by atoms with Crippen LogP contribution in [0, 0.1) is 0 Å². The topological polar surface area (TPSA) is 98.0 Å². The highest BCUT2D eigenvalue weighted by atomic mass is 19.1. The monoisotopic (exact) mass is 183 g/mol. The Morgan fingerprint density at radius 3 is 2.08 bits per heavy atom. The van der Waals surface area contributed by atoms with E-state index in [1.54, 1.807) is 0 Å². The van der Waals surface area contributed by atoms with Gasteiger partial charge in [-0.05, 0) is 6.92 Å². The molecule has 4 atom stereocenters. The Hall–Kier alpha value is -0.560. The minimum Gasteiger partial charge on any atom is -0.391 e. The van der Waals surface area contributed by atoms with Crippen LogP contribution in [0.4, 0.5) is 4.39 Å². The molecule has 0 saturated carbocycles. The maximum absolute atomic E-state index is 12.2. The van der Waals surface area contributed by atoms with Gasteiger partial charge in [0.05, 0.1) is 6.10 Å². The third-order valence-corrected chi connectivity index (χ3v) is 1.29. The van der Waals surface area contributed by atoms with Crippen molar-refractivity contribution in [1.29, 1.82) is 0 Å². The van der Waals surface area contributed by atoms with Crippen molar-refractivity contribution in [2.45, 2.75) is 31.6 Å². The van der Waals surface area contributed by atoms with Gasteiger partial charge in [-0.25, -0.2) is 4.39 Å². The van der Waals surface area contributed by atoms with Gasteiger partial charge in [-0.15, -0.1) is 0 Å². The molecule has 0 aliphatic carbocycles. The SMILES string of the molecule is [2H]C(O)(F)C(=O)[C@@H](O)[C@H](O)[C@@H](C)O. The molecule has 0 saturated heterocycles. The minimum atomic E-state index is -3.96. The summed E-state index contributed by atoms with van der Waals surface area (Å²) in [5.41, 5.74) is 0. The van der Waals surface area contributed by atoms with Crippen molar-refractivity contribution in [3.8, 4) is 0 Å². The average molecular weight is 183 g/mol. The van der Waals surface area contributed by atoms with Crippen LogP contribution in [0.2, 0.25) is 0 Å². The maximum atomic E-state index is 12.2. The van der Waals surface area contributed by atoms with E-state index < -0.39 is 30.4 Å². The quantitative estimate of drug-likeness (QED) is 0.402. The summed E-state index contributed by atoms with van der Waals surface area (Å²) in [6, 6.07) is 0. The Morgan fingerprint density at radius 1 is 1.42 bits per heavy atom. The highest BCUT2D eigenvalue weighted by Gasteiger charge is 2.31. The van der Waals surface area contributed by atoms with Crippen LogP contribution in [-0.4, -0.2) is 50.9 Å². The van der Waals surface area contributed by atoms with Crippen molar-refractivity contribution < 1.29 is 31.0 Å². The number of aliphatic hydroxyl groups excluding tert-OH is 3. The van der Waals surface area contributed by atoms with E-state index in [0.29, 0.717) is 0 Å². The van der Waals surface area contributed by atoms with E-state index in [-0.39, 0.29) is 0 Å².